The van der Waals surface area contributed by atoms with Crippen LogP contribution in [0.3, 0.4) is 0 Å². The Morgan fingerprint density at radius 3 is 2.13 bits per heavy atom. The predicted octanol–water partition coefficient (Wildman–Crippen LogP) is 4.15. The number of aliphatic hydroxyl groups is 2. The van der Waals surface area contributed by atoms with Crippen LogP contribution in [0, 0.1) is 0 Å². The topological polar surface area (TPSA) is 47.6 Å². The average molecular weight is 476 g/mol. The Kier molecular flexibility index (Phi) is 10.2. The fourth-order valence-electron chi connectivity index (χ4n) is 3.28. The van der Waals surface area contributed by atoms with Crippen molar-refractivity contribution in [3.8, 4) is 0 Å². The van der Waals surface area contributed by atoms with Crippen LogP contribution in [-0.4, -0.2) is 59.5 Å². The summed E-state index contributed by atoms with van der Waals surface area (Å²) in [6, 6.07) is 17.2. The zero-order chi connectivity index (χ0) is 21.9. The minimum absolute atomic E-state index is 0.232. The third-order valence-electron chi connectivity index (χ3n) is 4.93. The number of thiazole rings is 1. The molecule has 0 amide bonds. The molecule has 0 fully saturated rings. The van der Waals surface area contributed by atoms with Crippen molar-refractivity contribution in [2.45, 2.75) is 0 Å². The largest absolute Gasteiger partial charge is 0.396 e. The van der Waals surface area contributed by atoms with Crippen molar-refractivity contribution in [2.24, 2.45) is 7.05 Å². The molecule has 1 heterocycles. The Bertz CT molecular complexity index is 945. The molecule has 166 valence electrons. The van der Waals surface area contributed by atoms with Crippen LogP contribution < -0.4 is 9.47 Å². The summed E-state index contributed by atoms with van der Waals surface area (Å²) < 4.78 is 3.54. The van der Waals surface area contributed by atoms with Crippen LogP contribution >= 0.6 is 34.9 Å². The zero-order valence-electron chi connectivity index (χ0n) is 17.9. The second kappa shape index (κ2) is 13.1. The average Bonchev–Trinajstić information content (AvgIpc) is 3.13. The van der Waals surface area contributed by atoms with Gasteiger partial charge in [0.15, 0.2) is 0 Å². The van der Waals surface area contributed by atoms with Crippen molar-refractivity contribution >= 4 is 62.9 Å². The highest BCUT2D eigenvalue weighted by molar-refractivity contribution is 7.99. The number of anilines is 1. The smallest absolute Gasteiger partial charge is 0.262 e. The van der Waals surface area contributed by atoms with Crippen LogP contribution in [0.2, 0.25) is 0 Å². The molecule has 3 aromatic rings. The van der Waals surface area contributed by atoms with E-state index >= 15 is 0 Å². The molecule has 0 saturated heterocycles. The van der Waals surface area contributed by atoms with Crippen LogP contribution in [0.1, 0.15) is 10.6 Å². The molecular formula is C24H31N2O2S3+. The molecule has 1 aromatic heterocycles. The maximum Gasteiger partial charge on any atom is 0.262 e. The van der Waals surface area contributed by atoms with Gasteiger partial charge >= 0.3 is 0 Å². The Morgan fingerprint density at radius 2 is 1.52 bits per heavy atom. The van der Waals surface area contributed by atoms with Gasteiger partial charge in [-0.05, 0) is 29.8 Å². The van der Waals surface area contributed by atoms with E-state index in [0.29, 0.717) is 0 Å². The van der Waals surface area contributed by atoms with Gasteiger partial charge in [-0.2, -0.15) is 28.1 Å². The van der Waals surface area contributed by atoms with Gasteiger partial charge in [0.05, 0.1) is 13.2 Å². The molecule has 7 heteroatoms. The molecule has 2 N–H and O–H groups in total. The van der Waals surface area contributed by atoms with Crippen LogP contribution in [0.4, 0.5) is 5.69 Å². The highest BCUT2D eigenvalue weighted by Gasteiger charge is 2.13. The number of nitrogens with zero attached hydrogens (tertiary/aromatic N) is 2. The molecule has 0 bridgehead atoms. The van der Waals surface area contributed by atoms with Crippen molar-refractivity contribution in [3.05, 3.63) is 59.1 Å². The van der Waals surface area contributed by atoms with E-state index in [1.807, 2.05) is 0 Å². The Morgan fingerprint density at radius 1 is 0.871 bits per heavy atom. The number of aromatic nitrogens is 1. The van der Waals surface area contributed by atoms with Crippen molar-refractivity contribution in [2.75, 3.05) is 54.2 Å². The maximum atomic E-state index is 9.00. The molecule has 0 radical (unpaired) electrons. The van der Waals surface area contributed by atoms with E-state index in [2.05, 4.69) is 77.2 Å². The molecule has 0 spiro atoms. The number of aliphatic hydroxyl groups excluding tert-OH is 2. The summed E-state index contributed by atoms with van der Waals surface area (Å²) >= 11 is 5.37. The molecule has 3 rings (SSSR count). The molecule has 31 heavy (non-hydrogen) atoms. The number of para-hydroxylation sites is 1. The molecule has 0 unspecified atom stereocenters. The number of aryl methyl sites for hydroxylation is 1. The number of hydrogen-bond acceptors (Lipinski definition) is 6. The van der Waals surface area contributed by atoms with Gasteiger partial charge in [-0.15, -0.1) is 0 Å². The fourth-order valence-corrected chi connectivity index (χ4v) is 5.70. The van der Waals surface area contributed by atoms with E-state index in [1.165, 1.54) is 26.5 Å². The van der Waals surface area contributed by atoms with Crippen LogP contribution in [-0.2, 0) is 7.05 Å². The van der Waals surface area contributed by atoms with Gasteiger partial charge in [-0.1, -0.05) is 35.6 Å². The zero-order valence-corrected chi connectivity index (χ0v) is 20.4. The monoisotopic (exact) mass is 475 g/mol. The Hall–Kier alpha value is -1.51. The van der Waals surface area contributed by atoms with E-state index in [1.54, 1.807) is 34.9 Å². The highest BCUT2D eigenvalue weighted by Crippen LogP contribution is 2.22. The van der Waals surface area contributed by atoms with Gasteiger partial charge < -0.3 is 15.1 Å². The first kappa shape index (κ1) is 24.1. The summed E-state index contributed by atoms with van der Waals surface area (Å²) in [5.74, 6) is 3.56. The van der Waals surface area contributed by atoms with E-state index in [0.717, 1.165) is 36.1 Å². The first-order chi connectivity index (χ1) is 15.2. The fraction of sp³-hybridized carbons (Fsp3) is 0.375. The van der Waals surface area contributed by atoms with E-state index in [-0.39, 0.29) is 13.2 Å². The van der Waals surface area contributed by atoms with Gasteiger partial charge in [0.1, 0.15) is 11.7 Å². The van der Waals surface area contributed by atoms with E-state index in [4.69, 9.17) is 10.2 Å². The quantitative estimate of drug-likeness (QED) is 0.287. The van der Waals surface area contributed by atoms with Crippen molar-refractivity contribution in [1.29, 1.82) is 0 Å². The van der Waals surface area contributed by atoms with Crippen molar-refractivity contribution in [3.63, 3.8) is 0 Å². The lowest BCUT2D eigenvalue weighted by atomic mass is 10.2. The number of hydrogen-bond donors (Lipinski definition) is 2. The lowest BCUT2D eigenvalue weighted by molar-refractivity contribution is -0.642. The summed E-state index contributed by atoms with van der Waals surface area (Å²) in [4.78, 5) is 2.40. The summed E-state index contributed by atoms with van der Waals surface area (Å²) in [6.45, 7) is 2.37. The van der Waals surface area contributed by atoms with E-state index in [9.17, 15) is 0 Å². The molecule has 0 aliphatic carbocycles. The van der Waals surface area contributed by atoms with Crippen LogP contribution in [0.15, 0.2) is 48.5 Å². The van der Waals surface area contributed by atoms with Crippen molar-refractivity contribution < 1.29 is 14.8 Å². The standard InChI is InChI=1S/C24H31N2O2S3/c1-25-22-4-2-3-5-23(22)31-24(25)11-8-20-6-9-21(10-7-20)26(12-16-29-18-14-27)13-17-30-19-15-28/h2-11,27-28H,12-19H2,1H3/q+1. The molecule has 4 nitrogen and oxygen atoms in total. The Balaban J connectivity index is 1.65. The summed E-state index contributed by atoms with van der Waals surface area (Å²) in [7, 11) is 2.11. The molecule has 0 aliphatic rings. The summed E-state index contributed by atoms with van der Waals surface area (Å²) in [6.07, 6.45) is 4.36. The van der Waals surface area contributed by atoms with Crippen molar-refractivity contribution in [1.82, 2.24) is 0 Å². The Labute approximate surface area is 197 Å². The van der Waals surface area contributed by atoms with Gasteiger partial charge in [0.2, 0.25) is 5.52 Å². The molecule has 0 aliphatic heterocycles. The second-order valence-corrected chi connectivity index (χ2v) is 10.6. The predicted molar refractivity (Wildman–Crippen MR) is 139 cm³/mol. The normalized spacial score (nSPS) is 11.6. The minimum atomic E-state index is 0.232. The van der Waals surface area contributed by atoms with Gasteiger partial charge in [-0.3, -0.25) is 0 Å². The third kappa shape index (κ3) is 7.26. The van der Waals surface area contributed by atoms with Gasteiger partial charge in [0.25, 0.3) is 5.01 Å². The SMILES string of the molecule is C[n+]1c(/C=C/c2ccc(N(CCSCCO)CCSCCO)cc2)sc2ccccc21. The first-order valence-corrected chi connectivity index (χ1v) is 13.6. The number of thioether (sulfide) groups is 2. The van der Waals surface area contributed by atoms with Crippen LogP contribution in [0.25, 0.3) is 22.4 Å². The molecular weight excluding hydrogens is 444 g/mol. The molecule has 0 saturated carbocycles. The van der Waals surface area contributed by atoms with Crippen LogP contribution in [0.5, 0.6) is 0 Å². The van der Waals surface area contributed by atoms with Gasteiger partial charge in [0, 0.05) is 53.9 Å². The number of rotatable bonds is 13. The van der Waals surface area contributed by atoms with E-state index < -0.39 is 0 Å². The molecule has 2 aromatic carbocycles. The lowest BCUT2D eigenvalue weighted by Crippen LogP contribution is -2.28. The third-order valence-corrected chi connectivity index (χ3v) is 8.00. The lowest BCUT2D eigenvalue weighted by Gasteiger charge is -2.25. The minimum Gasteiger partial charge on any atom is -0.396 e. The highest BCUT2D eigenvalue weighted by atomic mass is 32.2. The summed E-state index contributed by atoms with van der Waals surface area (Å²) in [5, 5.41) is 19.2. The maximum absolute atomic E-state index is 9.00. The first-order valence-electron chi connectivity index (χ1n) is 10.5. The second-order valence-electron chi connectivity index (χ2n) is 7.05. The number of benzene rings is 2. The molecule has 0 atom stereocenters. The number of fused-ring (bicyclic) bond motifs is 1. The summed E-state index contributed by atoms with van der Waals surface area (Å²) in [5.41, 5.74) is 3.67. The van der Waals surface area contributed by atoms with Gasteiger partial charge in [-0.25, -0.2) is 0 Å².